The minimum Gasteiger partial charge on any atom is -0.493 e. The maximum Gasteiger partial charge on any atom is 0.379 e. The van der Waals surface area contributed by atoms with Gasteiger partial charge in [-0.2, -0.15) is 0 Å². The fraction of sp³-hybridized carbons (Fsp3) is 0.0417. The van der Waals surface area contributed by atoms with Gasteiger partial charge < -0.3 is 13.9 Å². The van der Waals surface area contributed by atoms with Gasteiger partial charge in [0.25, 0.3) is 0 Å². The highest BCUT2D eigenvalue weighted by Gasteiger charge is 2.14. The van der Waals surface area contributed by atoms with Gasteiger partial charge in [0, 0.05) is 0 Å². The molecule has 0 bridgehead atoms. The second-order valence-corrected chi connectivity index (χ2v) is 6.18. The van der Waals surface area contributed by atoms with Crippen molar-refractivity contribution in [2.24, 2.45) is 0 Å². The summed E-state index contributed by atoms with van der Waals surface area (Å²) in [4.78, 5) is 12.1. The Kier molecular flexibility index (Phi) is 4.93. The van der Waals surface area contributed by atoms with Crippen LogP contribution in [-0.2, 0) is 0 Å². The SMILES string of the molecule is COc1cc(/C=C/c2cccc3ccccc23)ccc1OC(=O)c1ccco1. The molecule has 1 heterocycles. The van der Waals surface area contributed by atoms with Gasteiger partial charge in [0.15, 0.2) is 11.5 Å². The van der Waals surface area contributed by atoms with Crippen molar-refractivity contribution in [1.82, 2.24) is 0 Å². The fourth-order valence-electron chi connectivity index (χ4n) is 3.00. The molecular formula is C24H18O4. The number of benzene rings is 3. The molecule has 4 rings (SSSR count). The Hall–Kier alpha value is -3.79. The zero-order chi connectivity index (χ0) is 19.3. The largest absolute Gasteiger partial charge is 0.493 e. The fourth-order valence-corrected chi connectivity index (χ4v) is 3.00. The Morgan fingerprint density at radius 1 is 0.893 bits per heavy atom. The first kappa shape index (κ1) is 17.6. The lowest BCUT2D eigenvalue weighted by molar-refractivity contribution is 0.0696. The van der Waals surface area contributed by atoms with E-state index in [1.807, 2.05) is 36.4 Å². The highest BCUT2D eigenvalue weighted by molar-refractivity contribution is 5.93. The highest BCUT2D eigenvalue weighted by atomic mass is 16.6. The summed E-state index contributed by atoms with van der Waals surface area (Å²) in [5.74, 6) is 0.385. The van der Waals surface area contributed by atoms with Crippen LogP contribution in [-0.4, -0.2) is 13.1 Å². The van der Waals surface area contributed by atoms with Crippen molar-refractivity contribution < 1.29 is 18.7 Å². The van der Waals surface area contributed by atoms with Crippen LogP contribution in [0, 0.1) is 0 Å². The van der Waals surface area contributed by atoms with Gasteiger partial charge >= 0.3 is 5.97 Å². The van der Waals surface area contributed by atoms with Crippen molar-refractivity contribution in [3.8, 4) is 11.5 Å². The van der Waals surface area contributed by atoms with Crippen molar-refractivity contribution in [3.63, 3.8) is 0 Å². The lowest BCUT2D eigenvalue weighted by Crippen LogP contribution is -2.08. The van der Waals surface area contributed by atoms with Gasteiger partial charge in [0.2, 0.25) is 5.76 Å². The maximum absolute atomic E-state index is 12.1. The van der Waals surface area contributed by atoms with Crippen LogP contribution in [0.25, 0.3) is 22.9 Å². The van der Waals surface area contributed by atoms with E-state index in [1.54, 1.807) is 18.2 Å². The molecule has 0 atom stereocenters. The third kappa shape index (κ3) is 3.67. The van der Waals surface area contributed by atoms with Gasteiger partial charge in [-0.05, 0) is 46.2 Å². The van der Waals surface area contributed by atoms with Gasteiger partial charge in [-0.25, -0.2) is 4.79 Å². The van der Waals surface area contributed by atoms with Crippen molar-refractivity contribution in [1.29, 1.82) is 0 Å². The monoisotopic (exact) mass is 370 g/mol. The molecule has 138 valence electrons. The summed E-state index contributed by atoms with van der Waals surface area (Å²) >= 11 is 0. The van der Waals surface area contributed by atoms with E-state index in [0.29, 0.717) is 11.5 Å². The normalized spacial score (nSPS) is 11.0. The number of furan rings is 1. The van der Waals surface area contributed by atoms with E-state index in [2.05, 4.69) is 30.3 Å². The number of fused-ring (bicyclic) bond motifs is 1. The molecule has 1 aromatic heterocycles. The van der Waals surface area contributed by atoms with Crippen LogP contribution in [0.1, 0.15) is 21.7 Å². The summed E-state index contributed by atoms with van der Waals surface area (Å²) in [5.41, 5.74) is 2.06. The Bertz CT molecular complexity index is 1140. The van der Waals surface area contributed by atoms with Gasteiger partial charge in [0.05, 0.1) is 13.4 Å². The zero-order valence-electron chi connectivity index (χ0n) is 15.3. The van der Waals surface area contributed by atoms with Crippen molar-refractivity contribution >= 4 is 28.9 Å². The Balaban J connectivity index is 1.59. The topological polar surface area (TPSA) is 48.7 Å². The number of esters is 1. The minimum absolute atomic E-state index is 0.141. The first-order chi connectivity index (χ1) is 13.7. The number of hydrogen-bond donors (Lipinski definition) is 0. The van der Waals surface area contributed by atoms with Gasteiger partial charge in [0.1, 0.15) is 0 Å². The quantitative estimate of drug-likeness (QED) is 0.252. The van der Waals surface area contributed by atoms with Crippen LogP contribution >= 0.6 is 0 Å². The molecule has 0 saturated heterocycles. The molecule has 0 spiro atoms. The first-order valence-corrected chi connectivity index (χ1v) is 8.84. The molecule has 0 saturated carbocycles. The highest BCUT2D eigenvalue weighted by Crippen LogP contribution is 2.30. The average Bonchev–Trinajstić information content (AvgIpc) is 3.28. The van der Waals surface area contributed by atoms with E-state index in [4.69, 9.17) is 13.9 Å². The minimum atomic E-state index is -0.567. The second-order valence-electron chi connectivity index (χ2n) is 6.18. The molecule has 3 aromatic carbocycles. The average molecular weight is 370 g/mol. The van der Waals surface area contributed by atoms with Crippen LogP contribution < -0.4 is 9.47 Å². The molecule has 0 amide bonds. The summed E-state index contributed by atoms with van der Waals surface area (Å²) in [6.07, 6.45) is 5.49. The van der Waals surface area contributed by atoms with Gasteiger partial charge in [-0.15, -0.1) is 0 Å². The van der Waals surface area contributed by atoms with Crippen LogP contribution in [0.3, 0.4) is 0 Å². The molecule has 0 aliphatic rings. The number of methoxy groups -OCH3 is 1. The molecule has 4 nitrogen and oxygen atoms in total. The standard InChI is InChI=1S/C24H18O4/c1-26-23-16-17(12-14-21(23)28-24(25)22-10-5-15-27-22)11-13-19-8-4-7-18-6-2-3-9-20(18)19/h2-16H,1H3/b13-11+. The summed E-state index contributed by atoms with van der Waals surface area (Å²) < 4.78 is 15.8. The van der Waals surface area contributed by atoms with Crippen LogP contribution in [0.5, 0.6) is 11.5 Å². The summed E-state index contributed by atoms with van der Waals surface area (Å²) in [6, 6.07) is 23.1. The molecule has 0 radical (unpaired) electrons. The predicted octanol–water partition coefficient (Wildman–Crippen LogP) is 5.83. The molecule has 0 aliphatic heterocycles. The second kappa shape index (κ2) is 7.84. The Morgan fingerprint density at radius 3 is 2.57 bits per heavy atom. The van der Waals surface area contributed by atoms with E-state index >= 15 is 0 Å². The van der Waals surface area contributed by atoms with E-state index in [1.165, 1.54) is 24.1 Å². The molecule has 28 heavy (non-hydrogen) atoms. The first-order valence-electron chi connectivity index (χ1n) is 8.84. The summed E-state index contributed by atoms with van der Waals surface area (Å²) in [6.45, 7) is 0. The lowest BCUT2D eigenvalue weighted by Gasteiger charge is -2.09. The lowest BCUT2D eigenvalue weighted by atomic mass is 10.0. The van der Waals surface area contributed by atoms with E-state index < -0.39 is 5.97 Å². The number of rotatable bonds is 5. The zero-order valence-corrected chi connectivity index (χ0v) is 15.3. The predicted molar refractivity (Wildman–Crippen MR) is 110 cm³/mol. The molecular weight excluding hydrogens is 352 g/mol. The smallest absolute Gasteiger partial charge is 0.379 e. The summed E-state index contributed by atoms with van der Waals surface area (Å²) in [5, 5.41) is 2.39. The van der Waals surface area contributed by atoms with Crippen LogP contribution in [0.15, 0.2) is 83.5 Å². The number of carbonyl (C=O) groups is 1. The van der Waals surface area contributed by atoms with Crippen LogP contribution in [0.2, 0.25) is 0 Å². The molecule has 4 aromatic rings. The summed E-state index contributed by atoms with van der Waals surface area (Å²) in [7, 11) is 1.54. The van der Waals surface area contributed by atoms with Crippen molar-refractivity contribution in [3.05, 3.63) is 95.9 Å². The molecule has 0 fully saturated rings. The van der Waals surface area contributed by atoms with Crippen molar-refractivity contribution in [2.45, 2.75) is 0 Å². The van der Waals surface area contributed by atoms with E-state index in [9.17, 15) is 4.79 Å². The van der Waals surface area contributed by atoms with Gasteiger partial charge in [-0.1, -0.05) is 60.7 Å². The molecule has 0 aliphatic carbocycles. The van der Waals surface area contributed by atoms with E-state index in [-0.39, 0.29) is 5.76 Å². The maximum atomic E-state index is 12.1. The Labute approximate surface area is 162 Å². The Morgan fingerprint density at radius 2 is 1.75 bits per heavy atom. The number of carbonyl (C=O) groups excluding carboxylic acids is 1. The molecule has 0 N–H and O–H groups in total. The van der Waals surface area contributed by atoms with E-state index in [0.717, 1.165) is 11.1 Å². The third-order valence-corrected chi connectivity index (χ3v) is 4.39. The molecule has 4 heteroatoms. The van der Waals surface area contributed by atoms with Gasteiger partial charge in [-0.3, -0.25) is 0 Å². The number of hydrogen-bond acceptors (Lipinski definition) is 4. The number of ether oxygens (including phenoxy) is 2. The molecule has 0 unspecified atom stereocenters. The van der Waals surface area contributed by atoms with Crippen molar-refractivity contribution in [2.75, 3.05) is 7.11 Å². The van der Waals surface area contributed by atoms with Crippen LogP contribution in [0.4, 0.5) is 0 Å². The third-order valence-electron chi connectivity index (χ3n) is 4.39.